The van der Waals surface area contributed by atoms with E-state index in [1.807, 2.05) is 0 Å². The van der Waals surface area contributed by atoms with Gasteiger partial charge in [-0.05, 0) is 38.6 Å². The van der Waals surface area contributed by atoms with Crippen LogP contribution in [0.2, 0.25) is 0 Å². The fourth-order valence-electron chi connectivity index (χ4n) is 1.35. The molecule has 0 saturated heterocycles. The highest BCUT2D eigenvalue weighted by Crippen LogP contribution is 2.17. The normalized spacial score (nSPS) is 18.8. The van der Waals surface area contributed by atoms with Crippen LogP contribution in [0, 0.1) is 0 Å². The van der Waals surface area contributed by atoms with E-state index in [2.05, 4.69) is 18.2 Å². The van der Waals surface area contributed by atoms with E-state index in [4.69, 9.17) is 5.73 Å². The van der Waals surface area contributed by atoms with Crippen LogP contribution in [0.3, 0.4) is 0 Å². The van der Waals surface area contributed by atoms with Gasteiger partial charge in [-0.25, -0.2) is 0 Å². The molecule has 0 atom stereocenters. The van der Waals surface area contributed by atoms with Crippen molar-refractivity contribution >= 4 is 0 Å². The van der Waals surface area contributed by atoms with E-state index in [9.17, 15) is 0 Å². The maximum absolute atomic E-state index is 5.37. The van der Waals surface area contributed by atoms with Crippen LogP contribution in [0.1, 0.15) is 32.1 Å². The zero-order chi connectivity index (χ0) is 7.94. The first-order chi connectivity index (χ1) is 5.43. The Hall–Kier alpha value is -0.560. The summed E-state index contributed by atoms with van der Waals surface area (Å²) >= 11 is 0. The molecule has 0 aromatic carbocycles. The predicted octanol–water partition coefficient (Wildman–Crippen LogP) is 2.39. The third-order valence-corrected chi connectivity index (χ3v) is 1.99. The summed E-state index contributed by atoms with van der Waals surface area (Å²) in [4.78, 5) is 0. The average molecular weight is 151 g/mol. The molecule has 0 spiro atoms. The Morgan fingerprint density at radius 1 is 1.45 bits per heavy atom. The molecule has 62 valence electrons. The minimum Gasteiger partial charge on any atom is -0.330 e. The van der Waals surface area contributed by atoms with Crippen LogP contribution >= 0.6 is 0 Å². The number of hydrogen-bond donors (Lipinski definition) is 1. The Balaban J connectivity index is 2.29. The Kier molecular flexibility index (Phi) is 3.99. The molecule has 2 N–H and O–H groups in total. The lowest BCUT2D eigenvalue weighted by Crippen LogP contribution is -1.95. The maximum Gasteiger partial charge on any atom is -0.00425 e. The van der Waals surface area contributed by atoms with Gasteiger partial charge in [-0.1, -0.05) is 23.8 Å². The van der Waals surface area contributed by atoms with Crippen molar-refractivity contribution in [3.05, 3.63) is 23.8 Å². The van der Waals surface area contributed by atoms with Gasteiger partial charge in [0.2, 0.25) is 0 Å². The molecular formula is C10H17N. The van der Waals surface area contributed by atoms with Gasteiger partial charge in [-0.3, -0.25) is 0 Å². The first kappa shape index (κ1) is 8.54. The Morgan fingerprint density at radius 2 is 2.36 bits per heavy atom. The highest BCUT2D eigenvalue weighted by Gasteiger charge is 1.98. The smallest absolute Gasteiger partial charge is 0.00425 e. The Morgan fingerprint density at radius 3 is 3.00 bits per heavy atom. The van der Waals surface area contributed by atoms with Gasteiger partial charge in [0.1, 0.15) is 0 Å². The van der Waals surface area contributed by atoms with Gasteiger partial charge in [-0.2, -0.15) is 0 Å². The van der Waals surface area contributed by atoms with Crippen LogP contribution in [-0.4, -0.2) is 6.54 Å². The first-order valence-electron chi connectivity index (χ1n) is 4.49. The largest absolute Gasteiger partial charge is 0.330 e. The molecule has 1 heteroatoms. The van der Waals surface area contributed by atoms with Crippen LogP contribution in [0.25, 0.3) is 0 Å². The molecule has 1 rings (SSSR count). The SMILES string of the molecule is NCC/C=C/C1=CCCCC1. The Labute approximate surface area is 69.0 Å². The van der Waals surface area contributed by atoms with Gasteiger partial charge in [0.05, 0.1) is 0 Å². The highest BCUT2D eigenvalue weighted by molar-refractivity contribution is 5.19. The van der Waals surface area contributed by atoms with E-state index in [1.165, 1.54) is 31.3 Å². The number of nitrogens with two attached hydrogens (primary N) is 1. The van der Waals surface area contributed by atoms with Crippen molar-refractivity contribution < 1.29 is 0 Å². The van der Waals surface area contributed by atoms with Gasteiger partial charge in [0.15, 0.2) is 0 Å². The van der Waals surface area contributed by atoms with Crippen molar-refractivity contribution in [2.75, 3.05) is 6.54 Å². The third-order valence-electron chi connectivity index (χ3n) is 1.99. The second-order valence-electron chi connectivity index (χ2n) is 3.00. The molecule has 1 aliphatic rings. The van der Waals surface area contributed by atoms with Gasteiger partial charge >= 0.3 is 0 Å². The van der Waals surface area contributed by atoms with Gasteiger partial charge in [0, 0.05) is 0 Å². The monoisotopic (exact) mass is 151 g/mol. The van der Waals surface area contributed by atoms with Crippen molar-refractivity contribution in [1.29, 1.82) is 0 Å². The van der Waals surface area contributed by atoms with Crippen molar-refractivity contribution in [3.8, 4) is 0 Å². The van der Waals surface area contributed by atoms with Gasteiger partial charge in [0.25, 0.3) is 0 Å². The topological polar surface area (TPSA) is 26.0 Å². The minimum absolute atomic E-state index is 0.768. The number of allylic oxidation sites excluding steroid dienone is 3. The summed E-state index contributed by atoms with van der Waals surface area (Å²) < 4.78 is 0. The van der Waals surface area contributed by atoms with Gasteiger partial charge in [-0.15, -0.1) is 0 Å². The van der Waals surface area contributed by atoms with Crippen LogP contribution < -0.4 is 5.73 Å². The molecule has 0 heterocycles. The van der Waals surface area contributed by atoms with E-state index in [-0.39, 0.29) is 0 Å². The lowest BCUT2D eigenvalue weighted by molar-refractivity contribution is 0.711. The lowest BCUT2D eigenvalue weighted by Gasteiger charge is -2.07. The standard InChI is InChI=1S/C10H17N/c11-9-5-4-8-10-6-2-1-3-7-10/h4,6,8H,1-3,5,7,9,11H2/b8-4+. The average Bonchev–Trinajstić information content (AvgIpc) is 2.07. The van der Waals surface area contributed by atoms with Crippen LogP contribution in [0.5, 0.6) is 0 Å². The van der Waals surface area contributed by atoms with E-state index >= 15 is 0 Å². The van der Waals surface area contributed by atoms with Crippen molar-refractivity contribution in [2.45, 2.75) is 32.1 Å². The first-order valence-corrected chi connectivity index (χ1v) is 4.49. The molecular weight excluding hydrogens is 134 g/mol. The molecule has 0 unspecified atom stereocenters. The second-order valence-corrected chi connectivity index (χ2v) is 3.00. The maximum atomic E-state index is 5.37. The summed E-state index contributed by atoms with van der Waals surface area (Å²) in [5, 5.41) is 0. The quantitative estimate of drug-likeness (QED) is 0.658. The molecule has 0 amide bonds. The third kappa shape index (κ3) is 3.38. The summed E-state index contributed by atoms with van der Waals surface area (Å²) in [5.74, 6) is 0. The molecule has 0 aromatic heterocycles. The van der Waals surface area contributed by atoms with E-state index in [0.717, 1.165) is 13.0 Å². The van der Waals surface area contributed by atoms with Crippen LogP contribution in [0.4, 0.5) is 0 Å². The summed E-state index contributed by atoms with van der Waals surface area (Å²) in [6.07, 6.45) is 13.0. The minimum atomic E-state index is 0.768. The summed E-state index contributed by atoms with van der Waals surface area (Å²) in [6, 6.07) is 0. The van der Waals surface area contributed by atoms with E-state index in [1.54, 1.807) is 0 Å². The molecule has 11 heavy (non-hydrogen) atoms. The summed E-state index contributed by atoms with van der Waals surface area (Å²) in [7, 11) is 0. The highest BCUT2D eigenvalue weighted by atomic mass is 14.5. The molecule has 0 aromatic rings. The molecule has 0 radical (unpaired) electrons. The molecule has 0 saturated carbocycles. The lowest BCUT2D eigenvalue weighted by atomic mass is 9.99. The van der Waals surface area contributed by atoms with Crippen molar-refractivity contribution in [1.82, 2.24) is 0 Å². The molecule has 1 nitrogen and oxygen atoms in total. The second kappa shape index (κ2) is 5.14. The van der Waals surface area contributed by atoms with E-state index in [0.29, 0.717) is 0 Å². The summed E-state index contributed by atoms with van der Waals surface area (Å²) in [5.41, 5.74) is 6.88. The fourth-order valence-corrected chi connectivity index (χ4v) is 1.35. The molecule has 0 fully saturated rings. The molecule has 0 aliphatic heterocycles. The molecule has 0 bridgehead atoms. The fraction of sp³-hybridized carbons (Fsp3) is 0.600. The molecule has 1 aliphatic carbocycles. The Bertz CT molecular complexity index is 156. The van der Waals surface area contributed by atoms with Crippen LogP contribution in [-0.2, 0) is 0 Å². The van der Waals surface area contributed by atoms with E-state index < -0.39 is 0 Å². The number of rotatable bonds is 3. The van der Waals surface area contributed by atoms with Gasteiger partial charge < -0.3 is 5.73 Å². The number of hydrogen-bond acceptors (Lipinski definition) is 1. The van der Waals surface area contributed by atoms with Crippen molar-refractivity contribution in [3.63, 3.8) is 0 Å². The van der Waals surface area contributed by atoms with Crippen LogP contribution in [0.15, 0.2) is 23.8 Å². The zero-order valence-electron chi connectivity index (χ0n) is 7.05. The predicted molar refractivity (Wildman–Crippen MR) is 49.4 cm³/mol. The summed E-state index contributed by atoms with van der Waals surface area (Å²) in [6.45, 7) is 0.768. The van der Waals surface area contributed by atoms with Crippen molar-refractivity contribution in [2.24, 2.45) is 5.73 Å². The zero-order valence-corrected chi connectivity index (χ0v) is 7.05.